The third kappa shape index (κ3) is 4.33. The van der Waals surface area contributed by atoms with Gasteiger partial charge in [0.1, 0.15) is 11.6 Å². The van der Waals surface area contributed by atoms with Crippen LogP contribution >= 0.6 is 0 Å². The molecule has 0 radical (unpaired) electrons. The molecule has 1 fully saturated rings. The molecule has 7 nitrogen and oxygen atoms in total. The van der Waals surface area contributed by atoms with Crippen LogP contribution in [0.5, 0.6) is 5.75 Å². The molecular weight excluding hydrogens is 416 g/mol. The van der Waals surface area contributed by atoms with Gasteiger partial charge in [0, 0.05) is 38.3 Å². The first kappa shape index (κ1) is 21.2. The number of rotatable bonds is 5. The zero-order valence-corrected chi connectivity index (χ0v) is 18.2. The van der Waals surface area contributed by atoms with E-state index in [0.717, 1.165) is 35.2 Å². The van der Waals surface area contributed by atoms with Gasteiger partial charge < -0.3 is 20.1 Å². The molecule has 0 saturated carbocycles. The van der Waals surface area contributed by atoms with Gasteiger partial charge in [-0.3, -0.25) is 9.69 Å². The number of piperazine rings is 1. The summed E-state index contributed by atoms with van der Waals surface area (Å²) >= 11 is 0. The van der Waals surface area contributed by atoms with Crippen molar-refractivity contribution in [2.45, 2.75) is 0 Å². The Bertz CT molecular complexity index is 1280. The first-order valence-electron chi connectivity index (χ1n) is 11.1. The molecule has 0 spiro atoms. The van der Waals surface area contributed by atoms with Gasteiger partial charge in [-0.25, -0.2) is 4.98 Å². The number of carbonyl (C=O) groups excluding carboxylic acids is 1. The largest absolute Gasteiger partial charge is 0.507 e. The van der Waals surface area contributed by atoms with Crippen molar-refractivity contribution in [1.82, 2.24) is 19.8 Å². The number of hydrogen-bond donors (Lipinski definition) is 3. The highest BCUT2D eigenvalue weighted by atomic mass is 16.3. The zero-order valence-electron chi connectivity index (χ0n) is 18.2. The number of phenolic OH excluding ortho intramolecular Hbond substituents is 1. The Kier molecular flexibility index (Phi) is 5.81. The number of aromatic amines is 1. The molecule has 4 aromatic rings. The van der Waals surface area contributed by atoms with E-state index in [4.69, 9.17) is 5.11 Å². The maximum absolute atomic E-state index is 13.0. The van der Waals surface area contributed by atoms with Crippen LogP contribution in [0.1, 0.15) is 10.4 Å². The van der Waals surface area contributed by atoms with E-state index in [9.17, 15) is 9.90 Å². The quantitative estimate of drug-likeness (QED) is 0.441. The molecule has 3 aromatic carbocycles. The van der Waals surface area contributed by atoms with Crippen LogP contribution in [-0.2, 0) is 0 Å². The number of phenols is 1. The summed E-state index contributed by atoms with van der Waals surface area (Å²) in [5.41, 5.74) is 4.75. The van der Waals surface area contributed by atoms with Crippen molar-refractivity contribution in [2.24, 2.45) is 0 Å². The second-order valence-electron chi connectivity index (χ2n) is 8.27. The summed E-state index contributed by atoms with van der Waals surface area (Å²) in [6.07, 6.45) is 0. The number of imidazole rings is 1. The maximum atomic E-state index is 13.0. The average molecular weight is 443 g/mol. The standard InChI is InChI=1S/C26H26N4O3/c31-15-14-29-10-12-30(13-11-29)26(33)20-6-8-22-23(17-20)28-25(27-22)21-16-19(7-9-24(21)32)18-4-2-1-3-5-18/h1-9,16-17,31-32H,10-15H2,(H,27,28). The molecule has 2 heterocycles. The SMILES string of the molecule is O=C(c1ccc2nc(-c3cc(-c4ccccc4)ccc3O)[nH]c2c1)N1CCN(CCO)CC1. The fourth-order valence-electron chi connectivity index (χ4n) is 4.30. The lowest BCUT2D eigenvalue weighted by Crippen LogP contribution is -2.49. The summed E-state index contributed by atoms with van der Waals surface area (Å²) in [6, 6.07) is 20.9. The van der Waals surface area contributed by atoms with Gasteiger partial charge in [0.15, 0.2) is 0 Å². The van der Waals surface area contributed by atoms with Crippen LogP contribution in [0.15, 0.2) is 66.7 Å². The number of carbonyl (C=O) groups is 1. The molecule has 1 aromatic heterocycles. The fraction of sp³-hybridized carbons (Fsp3) is 0.231. The lowest BCUT2D eigenvalue weighted by atomic mass is 10.0. The summed E-state index contributed by atoms with van der Waals surface area (Å²) in [5, 5.41) is 19.6. The molecular formula is C26H26N4O3. The molecule has 1 aliphatic rings. The lowest BCUT2D eigenvalue weighted by Gasteiger charge is -2.34. The second kappa shape index (κ2) is 9.05. The normalized spacial score (nSPS) is 14.6. The van der Waals surface area contributed by atoms with Gasteiger partial charge in [-0.15, -0.1) is 0 Å². The molecule has 1 saturated heterocycles. The minimum absolute atomic E-state index is 0.00868. The van der Waals surface area contributed by atoms with Gasteiger partial charge in [-0.2, -0.15) is 0 Å². The molecule has 0 aliphatic carbocycles. The van der Waals surface area contributed by atoms with Crippen molar-refractivity contribution < 1.29 is 15.0 Å². The molecule has 7 heteroatoms. The van der Waals surface area contributed by atoms with Gasteiger partial charge in [0.2, 0.25) is 0 Å². The summed E-state index contributed by atoms with van der Waals surface area (Å²) in [6.45, 7) is 3.59. The van der Waals surface area contributed by atoms with E-state index in [2.05, 4.69) is 14.9 Å². The topological polar surface area (TPSA) is 92.7 Å². The van der Waals surface area contributed by atoms with E-state index in [1.54, 1.807) is 12.1 Å². The number of β-amino-alcohol motifs (C(OH)–C–C–N with tert-alkyl or cyclic N) is 1. The number of hydrogen-bond acceptors (Lipinski definition) is 5. The third-order valence-corrected chi connectivity index (χ3v) is 6.16. The Labute approximate surface area is 191 Å². The highest BCUT2D eigenvalue weighted by Gasteiger charge is 2.22. The van der Waals surface area contributed by atoms with Crippen molar-refractivity contribution in [3.05, 3.63) is 72.3 Å². The molecule has 3 N–H and O–H groups in total. The van der Waals surface area contributed by atoms with Crippen LogP contribution < -0.4 is 0 Å². The van der Waals surface area contributed by atoms with Gasteiger partial charge in [0.25, 0.3) is 5.91 Å². The van der Waals surface area contributed by atoms with Crippen LogP contribution in [0.25, 0.3) is 33.5 Å². The molecule has 1 amide bonds. The molecule has 0 unspecified atom stereocenters. The van der Waals surface area contributed by atoms with Crippen molar-refractivity contribution >= 4 is 16.9 Å². The number of benzene rings is 3. The molecule has 5 rings (SSSR count). The molecule has 33 heavy (non-hydrogen) atoms. The Balaban J connectivity index is 1.41. The van der Waals surface area contributed by atoms with E-state index in [1.807, 2.05) is 59.5 Å². The minimum atomic E-state index is -0.00868. The molecule has 168 valence electrons. The summed E-state index contributed by atoms with van der Waals surface area (Å²) < 4.78 is 0. The highest BCUT2D eigenvalue weighted by Crippen LogP contribution is 2.33. The van der Waals surface area contributed by atoms with Crippen molar-refractivity contribution in [2.75, 3.05) is 39.3 Å². The van der Waals surface area contributed by atoms with Gasteiger partial charge >= 0.3 is 0 Å². The first-order chi connectivity index (χ1) is 16.1. The Morgan fingerprint density at radius 3 is 2.48 bits per heavy atom. The first-order valence-corrected chi connectivity index (χ1v) is 11.1. The van der Waals surface area contributed by atoms with E-state index in [-0.39, 0.29) is 18.3 Å². The minimum Gasteiger partial charge on any atom is -0.507 e. The van der Waals surface area contributed by atoms with E-state index >= 15 is 0 Å². The van der Waals surface area contributed by atoms with Crippen LogP contribution in [0.4, 0.5) is 0 Å². The molecule has 0 bridgehead atoms. The number of aromatic nitrogens is 2. The van der Waals surface area contributed by atoms with E-state index < -0.39 is 0 Å². The Morgan fingerprint density at radius 2 is 1.73 bits per heavy atom. The number of aliphatic hydroxyl groups excluding tert-OH is 1. The van der Waals surface area contributed by atoms with E-state index in [1.165, 1.54) is 0 Å². The average Bonchev–Trinajstić information content (AvgIpc) is 3.28. The van der Waals surface area contributed by atoms with Crippen LogP contribution in [0.3, 0.4) is 0 Å². The van der Waals surface area contributed by atoms with Crippen LogP contribution in [-0.4, -0.2) is 75.2 Å². The number of nitrogens with one attached hydrogen (secondary N) is 1. The Hall–Kier alpha value is -3.68. The monoisotopic (exact) mass is 442 g/mol. The van der Waals surface area contributed by atoms with Gasteiger partial charge in [-0.1, -0.05) is 36.4 Å². The maximum Gasteiger partial charge on any atom is 0.254 e. The van der Waals surface area contributed by atoms with Gasteiger partial charge in [0.05, 0.1) is 23.2 Å². The van der Waals surface area contributed by atoms with Gasteiger partial charge in [-0.05, 0) is 41.5 Å². The second-order valence-corrected chi connectivity index (χ2v) is 8.27. The van der Waals surface area contributed by atoms with Crippen LogP contribution in [0, 0.1) is 0 Å². The van der Waals surface area contributed by atoms with Crippen molar-refractivity contribution in [3.63, 3.8) is 0 Å². The van der Waals surface area contributed by atoms with Crippen LogP contribution in [0.2, 0.25) is 0 Å². The number of aromatic hydroxyl groups is 1. The van der Waals surface area contributed by atoms with Crippen molar-refractivity contribution in [1.29, 1.82) is 0 Å². The highest BCUT2D eigenvalue weighted by molar-refractivity contribution is 5.98. The zero-order chi connectivity index (χ0) is 22.8. The van der Waals surface area contributed by atoms with Crippen molar-refractivity contribution in [3.8, 4) is 28.3 Å². The fourth-order valence-corrected chi connectivity index (χ4v) is 4.30. The number of nitrogens with zero attached hydrogens (tertiary/aromatic N) is 3. The summed E-state index contributed by atoms with van der Waals surface area (Å²) in [4.78, 5) is 25.0. The van der Waals surface area contributed by atoms with E-state index in [0.29, 0.717) is 36.6 Å². The number of H-pyrrole nitrogens is 1. The summed E-state index contributed by atoms with van der Waals surface area (Å²) in [5.74, 6) is 0.693. The lowest BCUT2D eigenvalue weighted by molar-refractivity contribution is 0.0615. The number of amides is 1. The number of fused-ring (bicyclic) bond motifs is 1. The molecule has 0 atom stereocenters. The third-order valence-electron chi connectivity index (χ3n) is 6.16. The number of aliphatic hydroxyl groups is 1. The predicted molar refractivity (Wildman–Crippen MR) is 128 cm³/mol. The predicted octanol–water partition coefficient (Wildman–Crippen LogP) is 3.35. The Morgan fingerprint density at radius 1 is 0.939 bits per heavy atom. The smallest absolute Gasteiger partial charge is 0.254 e. The molecule has 1 aliphatic heterocycles. The summed E-state index contributed by atoms with van der Waals surface area (Å²) in [7, 11) is 0.